The summed E-state index contributed by atoms with van der Waals surface area (Å²) in [7, 11) is -2.37. The van der Waals surface area contributed by atoms with Gasteiger partial charge in [0.05, 0.1) is 34.6 Å². The SMILES string of the molecule is CCCCCN(C(C)c1nc2ccccc2c(=O)n1-c1ccccc1C)S(=O)(=O)c1ccc(OC)cc1. The summed E-state index contributed by atoms with van der Waals surface area (Å²) in [6.07, 6.45) is 2.53. The molecular formula is C29H33N3O4S. The molecule has 0 aliphatic heterocycles. The molecule has 0 fully saturated rings. The van der Waals surface area contributed by atoms with Crippen molar-refractivity contribution >= 4 is 20.9 Å². The number of benzene rings is 3. The molecule has 1 atom stereocenters. The highest BCUT2D eigenvalue weighted by molar-refractivity contribution is 7.89. The van der Waals surface area contributed by atoms with Crippen LogP contribution in [-0.4, -0.2) is 35.9 Å². The van der Waals surface area contributed by atoms with E-state index in [0.717, 1.165) is 18.4 Å². The molecule has 0 saturated carbocycles. The molecule has 1 heterocycles. The fourth-order valence-corrected chi connectivity index (χ4v) is 6.16. The molecule has 1 aromatic heterocycles. The zero-order valence-corrected chi connectivity index (χ0v) is 22.5. The summed E-state index contributed by atoms with van der Waals surface area (Å²) in [5, 5.41) is 0.484. The smallest absolute Gasteiger partial charge is 0.266 e. The Balaban J connectivity index is 1.93. The Bertz CT molecular complexity index is 1550. The van der Waals surface area contributed by atoms with Gasteiger partial charge in [-0.25, -0.2) is 13.4 Å². The lowest BCUT2D eigenvalue weighted by Gasteiger charge is -2.30. The number of unbranched alkanes of at least 4 members (excludes halogenated alkanes) is 2. The number of rotatable bonds is 10. The third-order valence-corrected chi connectivity index (χ3v) is 8.60. The van der Waals surface area contributed by atoms with Gasteiger partial charge in [0, 0.05) is 6.54 Å². The summed E-state index contributed by atoms with van der Waals surface area (Å²) in [5.41, 5.74) is 1.89. The minimum atomic E-state index is -3.91. The molecule has 0 amide bonds. The monoisotopic (exact) mass is 519 g/mol. The van der Waals surface area contributed by atoms with Crippen LogP contribution in [0.15, 0.2) is 82.5 Å². The predicted octanol–water partition coefficient (Wildman–Crippen LogP) is 5.64. The highest BCUT2D eigenvalue weighted by atomic mass is 32.2. The molecule has 0 bridgehead atoms. The molecule has 1 unspecified atom stereocenters. The van der Waals surface area contributed by atoms with E-state index in [2.05, 4.69) is 6.92 Å². The van der Waals surface area contributed by atoms with Crippen LogP contribution in [0.2, 0.25) is 0 Å². The molecule has 194 valence electrons. The minimum absolute atomic E-state index is 0.169. The lowest BCUT2D eigenvalue weighted by molar-refractivity contribution is 0.320. The molecule has 7 nitrogen and oxygen atoms in total. The summed E-state index contributed by atoms with van der Waals surface area (Å²) in [6.45, 7) is 6.11. The lowest BCUT2D eigenvalue weighted by atomic mass is 10.1. The van der Waals surface area contributed by atoms with Gasteiger partial charge in [0.2, 0.25) is 10.0 Å². The van der Waals surface area contributed by atoms with Crippen molar-refractivity contribution in [2.45, 2.75) is 51.0 Å². The quantitative estimate of drug-likeness (QED) is 0.253. The van der Waals surface area contributed by atoms with Gasteiger partial charge in [0.25, 0.3) is 5.56 Å². The second kappa shape index (κ2) is 11.3. The second-order valence-corrected chi connectivity index (χ2v) is 11.0. The molecule has 0 radical (unpaired) electrons. The fraction of sp³-hybridized carbons (Fsp3) is 0.310. The molecule has 0 N–H and O–H groups in total. The molecule has 4 aromatic rings. The van der Waals surface area contributed by atoms with Crippen molar-refractivity contribution in [1.82, 2.24) is 13.9 Å². The van der Waals surface area contributed by atoms with E-state index in [1.165, 1.54) is 4.31 Å². The Hall–Kier alpha value is -3.49. The first-order valence-electron chi connectivity index (χ1n) is 12.5. The topological polar surface area (TPSA) is 81.5 Å². The second-order valence-electron chi connectivity index (χ2n) is 9.09. The number of aryl methyl sites for hydroxylation is 1. The number of sulfonamides is 1. The number of hydrogen-bond acceptors (Lipinski definition) is 5. The normalized spacial score (nSPS) is 12.7. The minimum Gasteiger partial charge on any atom is -0.497 e. The zero-order chi connectivity index (χ0) is 26.6. The van der Waals surface area contributed by atoms with Crippen molar-refractivity contribution in [2.75, 3.05) is 13.7 Å². The maximum absolute atomic E-state index is 14.0. The van der Waals surface area contributed by atoms with E-state index in [-0.39, 0.29) is 10.5 Å². The Morgan fingerprint density at radius 1 is 0.973 bits per heavy atom. The van der Waals surface area contributed by atoms with Crippen molar-refractivity contribution in [2.24, 2.45) is 0 Å². The van der Waals surface area contributed by atoms with Crippen LogP contribution in [0.1, 0.15) is 50.5 Å². The molecule has 8 heteroatoms. The molecule has 0 saturated heterocycles. The Labute approximate surface area is 218 Å². The van der Waals surface area contributed by atoms with Crippen LogP contribution in [-0.2, 0) is 10.0 Å². The standard InChI is InChI=1S/C29H33N3O4S/c1-5-6-11-20-31(37(34,35)24-18-16-23(36-4)17-19-24)22(3)28-30-26-14-9-8-13-25(26)29(33)32(28)27-15-10-7-12-21(27)2/h7-10,12-19,22H,5-6,11,20H2,1-4H3. The van der Waals surface area contributed by atoms with Crippen LogP contribution >= 0.6 is 0 Å². The van der Waals surface area contributed by atoms with Gasteiger partial charge in [-0.15, -0.1) is 0 Å². The summed E-state index contributed by atoms with van der Waals surface area (Å²) in [4.78, 5) is 18.9. The van der Waals surface area contributed by atoms with Crippen LogP contribution < -0.4 is 10.3 Å². The lowest BCUT2D eigenvalue weighted by Crippen LogP contribution is -2.38. The molecule has 0 aliphatic rings. The van der Waals surface area contributed by atoms with E-state index in [1.54, 1.807) is 55.0 Å². The van der Waals surface area contributed by atoms with E-state index in [0.29, 0.717) is 41.1 Å². The first kappa shape index (κ1) is 26.6. The maximum atomic E-state index is 14.0. The van der Waals surface area contributed by atoms with Crippen LogP contribution in [0, 0.1) is 6.92 Å². The van der Waals surface area contributed by atoms with Crippen molar-refractivity contribution in [1.29, 1.82) is 0 Å². The number of para-hydroxylation sites is 2. The summed E-state index contributed by atoms with van der Waals surface area (Å²) in [6, 6.07) is 20.4. The maximum Gasteiger partial charge on any atom is 0.266 e. The largest absolute Gasteiger partial charge is 0.497 e. The number of methoxy groups -OCH3 is 1. The van der Waals surface area contributed by atoms with Crippen LogP contribution in [0.5, 0.6) is 5.75 Å². The summed E-state index contributed by atoms with van der Waals surface area (Å²) >= 11 is 0. The van der Waals surface area contributed by atoms with E-state index >= 15 is 0 Å². The van der Waals surface area contributed by atoms with Crippen LogP contribution in [0.25, 0.3) is 16.6 Å². The highest BCUT2D eigenvalue weighted by Gasteiger charge is 2.33. The average Bonchev–Trinajstić information content (AvgIpc) is 2.91. The van der Waals surface area contributed by atoms with Gasteiger partial charge in [-0.3, -0.25) is 9.36 Å². The van der Waals surface area contributed by atoms with Crippen LogP contribution in [0.3, 0.4) is 0 Å². The first-order chi connectivity index (χ1) is 17.8. The van der Waals surface area contributed by atoms with E-state index in [4.69, 9.17) is 9.72 Å². The van der Waals surface area contributed by atoms with Crippen LogP contribution in [0.4, 0.5) is 0 Å². The van der Waals surface area contributed by atoms with Gasteiger partial charge in [-0.1, -0.05) is 50.1 Å². The Morgan fingerprint density at radius 2 is 1.65 bits per heavy atom. The van der Waals surface area contributed by atoms with Crippen molar-refractivity contribution in [3.8, 4) is 11.4 Å². The number of nitrogens with zero attached hydrogens (tertiary/aromatic N) is 3. The molecule has 37 heavy (non-hydrogen) atoms. The average molecular weight is 520 g/mol. The number of ether oxygens (including phenoxy) is 1. The third-order valence-electron chi connectivity index (χ3n) is 6.61. The highest BCUT2D eigenvalue weighted by Crippen LogP contribution is 2.30. The van der Waals surface area contributed by atoms with Crippen molar-refractivity contribution in [3.63, 3.8) is 0 Å². The van der Waals surface area contributed by atoms with E-state index in [9.17, 15) is 13.2 Å². The molecule has 4 rings (SSSR count). The number of hydrogen-bond donors (Lipinski definition) is 0. The summed E-state index contributed by atoms with van der Waals surface area (Å²) < 4.78 is 36.2. The van der Waals surface area contributed by atoms with Gasteiger partial charge in [-0.2, -0.15) is 4.31 Å². The van der Waals surface area contributed by atoms with Crippen molar-refractivity contribution in [3.05, 3.63) is 94.5 Å². The van der Waals surface area contributed by atoms with Gasteiger partial charge in [0.1, 0.15) is 11.6 Å². The predicted molar refractivity (Wildman–Crippen MR) is 147 cm³/mol. The van der Waals surface area contributed by atoms with Gasteiger partial charge >= 0.3 is 0 Å². The number of aromatic nitrogens is 2. The van der Waals surface area contributed by atoms with Crippen molar-refractivity contribution < 1.29 is 13.2 Å². The van der Waals surface area contributed by atoms with Gasteiger partial charge in [0.15, 0.2) is 0 Å². The first-order valence-corrected chi connectivity index (χ1v) is 14.0. The zero-order valence-electron chi connectivity index (χ0n) is 21.7. The molecule has 3 aromatic carbocycles. The third kappa shape index (κ3) is 5.31. The Morgan fingerprint density at radius 3 is 2.32 bits per heavy atom. The summed E-state index contributed by atoms with van der Waals surface area (Å²) in [5.74, 6) is 0.959. The van der Waals surface area contributed by atoms with E-state index < -0.39 is 16.1 Å². The fourth-order valence-electron chi connectivity index (χ4n) is 4.53. The van der Waals surface area contributed by atoms with Gasteiger partial charge < -0.3 is 4.74 Å². The molecule has 0 spiro atoms. The number of fused-ring (bicyclic) bond motifs is 1. The molecular weight excluding hydrogens is 486 g/mol. The molecule has 0 aliphatic carbocycles. The van der Waals surface area contributed by atoms with E-state index in [1.807, 2.05) is 43.3 Å². The Kier molecular flexibility index (Phi) is 8.10. The van der Waals surface area contributed by atoms with Gasteiger partial charge in [-0.05, 0) is 68.3 Å².